The lowest BCUT2D eigenvalue weighted by Gasteiger charge is -2.25. The topological polar surface area (TPSA) is 28.2 Å². The van der Waals surface area contributed by atoms with E-state index in [0.717, 1.165) is 18.8 Å². The van der Waals surface area contributed by atoms with Gasteiger partial charge in [0.15, 0.2) is 0 Å². The van der Waals surface area contributed by atoms with Crippen LogP contribution in [0.25, 0.3) is 0 Å². The van der Waals surface area contributed by atoms with Crippen LogP contribution in [0, 0.1) is 6.92 Å². The molecule has 0 radical (unpaired) electrons. The van der Waals surface area contributed by atoms with Crippen LogP contribution in [-0.2, 0) is 13.1 Å². The molecule has 0 aliphatic carbocycles. The molecule has 2 rings (SSSR count). The zero-order valence-electron chi connectivity index (χ0n) is 13.6. The molecule has 1 aromatic carbocycles. The van der Waals surface area contributed by atoms with Crippen molar-refractivity contribution in [2.45, 2.75) is 46.3 Å². The molecule has 0 spiro atoms. The van der Waals surface area contributed by atoms with Gasteiger partial charge >= 0.3 is 0 Å². The molecule has 0 unspecified atom stereocenters. The summed E-state index contributed by atoms with van der Waals surface area (Å²) in [7, 11) is 2.15. The molecule has 1 heterocycles. The van der Waals surface area contributed by atoms with Crippen molar-refractivity contribution >= 4 is 17.0 Å². The molecule has 1 aromatic heterocycles. The maximum absolute atomic E-state index is 4.33. The van der Waals surface area contributed by atoms with Crippen LogP contribution in [0.5, 0.6) is 0 Å². The first-order valence-corrected chi connectivity index (χ1v) is 8.18. The van der Waals surface area contributed by atoms with Gasteiger partial charge in [-0.15, -0.1) is 11.3 Å². The number of hydrogen-bond acceptors (Lipinski definition) is 4. The minimum absolute atomic E-state index is 0.125. The molecule has 4 heteroatoms. The fourth-order valence-electron chi connectivity index (χ4n) is 2.17. The van der Waals surface area contributed by atoms with Crippen LogP contribution in [0.3, 0.4) is 0 Å². The van der Waals surface area contributed by atoms with Gasteiger partial charge in [-0.2, -0.15) is 0 Å². The molecule has 0 bridgehead atoms. The number of aromatic nitrogens is 1. The summed E-state index contributed by atoms with van der Waals surface area (Å²) in [5.74, 6) is 0. The molecule has 0 saturated carbocycles. The summed E-state index contributed by atoms with van der Waals surface area (Å²) < 4.78 is 0. The Morgan fingerprint density at radius 2 is 1.95 bits per heavy atom. The van der Waals surface area contributed by atoms with E-state index in [4.69, 9.17) is 0 Å². The fourth-order valence-corrected chi connectivity index (χ4v) is 3.00. The van der Waals surface area contributed by atoms with Crippen molar-refractivity contribution in [3.05, 3.63) is 45.9 Å². The van der Waals surface area contributed by atoms with Gasteiger partial charge in [0.1, 0.15) is 0 Å². The average Bonchev–Trinajstić information content (AvgIpc) is 2.81. The Bertz CT molecular complexity index is 584. The molecule has 0 fully saturated rings. The van der Waals surface area contributed by atoms with Crippen molar-refractivity contribution in [3.8, 4) is 0 Å². The Hall–Kier alpha value is -1.39. The van der Waals surface area contributed by atoms with Crippen molar-refractivity contribution in [1.29, 1.82) is 0 Å². The first-order chi connectivity index (χ1) is 9.87. The maximum Gasteiger partial charge on any atom is 0.0798 e. The molecule has 0 aliphatic rings. The number of aryl methyl sites for hydroxylation is 1. The van der Waals surface area contributed by atoms with Gasteiger partial charge in [0, 0.05) is 29.7 Å². The summed E-state index contributed by atoms with van der Waals surface area (Å²) in [5.41, 5.74) is 5.79. The first-order valence-electron chi connectivity index (χ1n) is 7.30. The Morgan fingerprint density at radius 1 is 1.24 bits per heavy atom. The smallest absolute Gasteiger partial charge is 0.0798 e. The van der Waals surface area contributed by atoms with Crippen LogP contribution in [0.1, 0.15) is 36.9 Å². The van der Waals surface area contributed by atoms with Crippen LogP contribution in [0.15, 0.2) is 29.8 Å². The molecule has 2 aromatic rings. The van der Waals surface area contributed by atoms with Gasteiger partial charge in [0.25, 0.3) is 0 Å². The lowest BCUT2D eigenvalue weighted by atomic mass is 10.1. The average molecular weight is 303 g/mol. The second-order valence-corrected chi connectivity index (χ2v) is 7.39. The summed E-state index contributed by atoms with van der Waals surface area (Å²) in [4.78, 5) is 7.97. The predicted molar refractivity (Wildman–Crippen MR) is 92.0 cm³/mol. The molecule has 114 valence electrons. The van der Waals surface area contributed by atoms with E-state index in [1.54, 1.807) is 11.3 Å². The van der Waals surface area contributed by atoms with Gasteiger partial charge in [-0.05, 0) is 39.3 Å². The first kappa shape index (κ1) is 16.0. The highest BCUT2D eigenvalue weighted by Crippen LogP contribution is 2.23. The normalized spacial score (nSPS) is 11.7. The minimum atomic E-state index is 0.125. The van der Waals surface area contributed by atoms with Crippen molar-refractivity contribution < 1.29 is 0 Å². The monoisotopic (exact) mass is 303 g/mol. The third kappa shape index (κ3) is 4.55. The lowest BCUT2D eigenvalue weighted by Crippen LogP contribution is -2.35. The summed E-state index contributed by atoms with van der Waals surface area (Å²) in [6, 6.07) is 8.60. The lowest BCUT2D eigenvalue weighted by molar-refractivity contribution is 0.424. The third-order valence-corrected chi connectivity index (χ3v) is 4.36. The van der Waals surface area contributed by atoms with E-state index in [1.165, 1.54) is 16.1 Å². The van der Waals surface area contributed by atoms with Gasteiger partial charge in [-0.25, -0.2) is 4.98 Å². The van der Waals surface area contributed by atoms with Crippen molar-refractivity contribution in [1.82, 2.24) is 10.3 Å². The van der Waals surface area contributed by atoms with Gasteiger partial charge in [-0.1, -0.05) is 18.2 Å². The molecule has 0 aliphatic heterocycles. The van der Waals surface area contributed by atoms with Gasteiger partial charge in [0.05, 0.1) is 17.7 Å². The molecule has 0 amide bonds. The number of para-hydroxylation sites is 1. The largest absolute Gasteiger partial charge is 0.369 e. The zero-order chi connectivity index (χ0) is 15.5. The standard InChI is InChI=1S/C17H25N3S/c1-13-16(21-12-18-13)11-20(5)15-9-7-6-8-14(15)10-19-17(2,3)4/h6-9,12,19H,10-11H2,1-5H3. The van der Waals surface area contributed by atoms with Gasteiger partial charge in [0.2, 0.25) is 0 Å². The van der Waals surface area contributed by atoms with Crippen LogP contribution >= 0.6 is 11.3 Å². The predicted octanol–water partition coefficient (Wildman–Crippen LogP) is 3.98. The molecule has 0 atom stereocenters. The second kappa shape index (κ2) is 6.58. The zero-order valence-corrected chi connectivity index (χ0v) is 14.4. The summed E-state index contributed by atoms with van der Waals surface area (Å²) in [6.07, 6.45) is 0. The van der Waals surface area contributed by atoms with Crippen molar-refractivity contribution in [2.75, 3.05) is 11.9 Å². The Labute approximate surface area is 132 Å². The number of anilines is 1. The van der Waals surface area contributed by atoms with Crippen molar-refractivity contribution in [3.63, 3.8) is 0 Å². The third-order valence-electron chi connectivity index (χ3n) is 3.44. The van der Waals surface area contributed by atoms with Crippen LogP contribution in [0.2, 0.25) is 0 Å². The number of thiazole rings is 1. The van der Waals surface area contributed by atoms with Crippen LogP contribution in [-0.4, -0.2) is 17.6 Å². The highest BCUT2D eigenvalue weighted by Gasteiger charge is 2.13. The molecule has 1 N–H and O–H groups in total. The number of hydrogen-bond donors (Lipinski definition) is 1. The van der Waals surface area contributed by atoms with E-state index in [-0.39, 0.29) is 5.54 Å². The summed E-state index contributed by atoms with van der Waals surface area (Å²) in [5, 5.41) is 3.57. The summed E-state index contributed by atoms with van der Waals surface area (Å²) in [6.45, 7) is 10.4. The Morgan fingerprint density at radius 3 is 2.57 bits per heavy atom. The summed E-state index contributed by atoms with van der Waals surface area (Å²) >= 11 is 1.73. The van der Waals surface area contributed by atoms with E-state index >= 15 is 0 Å². The van der Waals surface area contributed by atoms with Gasteiger partial charge in [-0.3, -0.25) is 0 Å². The van der Waals surface area contributed by atoms with Crippen LogP contribution in [0.4, 0.5) is 5.69 Å². The minimum Gasteiger partial charge on any atom is -0.369 e. The Kier molecular flexibility index (Phi) is 5.01. The number of nitrogens with zero attached hydrogens (tertiary/aromatic N) is 2. The number of nitrogens with one attached hydrogen (secondary N) is 1. The highest BCUT2D eigenvalue weighted by atomic mass is 32.1. The second-order valence-electron chi connectivity index (χ2n) is 6.45. The number of rotatable bonds is 5. The quantitative estimate of drug-likeness (QED) is 0.905. The Balaban J connectivity index is 2.13. The number of benzene rings is 1. The van der Waals surface area contributed by atoms with Gasteiger partial charge < -0.3 is 10.2 Å². The van der Waals surface area contributed by atoms with E-state index < -0.39 is 0 Å². The SMILES string of the molecule is Cc1ncsc1CN(C)c1ccccc1CNC(C)(C)C. The van der Waals surface area contributed by atoms with Crippen LogP contribution < -0.4 is 10.2 Å². The van der Waals surface area contributed by atoms with E-state index in [0.29, 0.717) is 0 Å². The highest BCUT2D eigenvalue weighted by molar-refractivity contribution is 7.09. The van der Waals surface area contributed by atoms with E-state index in [9.17, 15) is 0 Å². The molecular weight excluding hydrogens is 278 g/mol. The van der Waals surface area contributed by atoms with E-state index in [2.05, 4.69) is 74.2 Å². The van der Waals surface area contributed by atoms with Crippen molar-refractivity contribution in [2.24, 2.45) is 0 Å². The molecule has 21 heavy (non-hydrogen) atoms. The molecule has 0 saturated heterocycles. The maximum atomic E-state index is 4.33. The molecular formula is C17H25N3S. The van der Waals surface area contributed by atoms with E-state index in [1.807, 2.05) is 5.51 Å². The molecule has 3 nitrogen and oxygen atoms in total. The fraction of sp³-hybridized carbons (Fsp3) is 0.471.